The molecule has 1 heterocycles. The quantitative estimate of drug-likeness (QED) is 0.527. The van der Waals surface area contributed by atoms with Gasteiger partial charge in [0.15, 0.2) is 9.84 Å². The Bertz CT molecular complexity index is 702. The second kappa shape index (κ2) is 11.0. The molecule has 28 heavy (non-hydrogen) atoms. The molecule has 4 nitrogen and oxygen atoms in total. The first-order valence-electron chi connectivity index (χ1n) is 10.9. The highest BCUT2D eigenvalue weighted by molar-refractivity contribution is 7.91. The van der Waals surface area contributed by atoms with Crippen molar-refractivity contribution in [3.63, 3.8) is 0 Å². The summed E-state index contributed by atoms with van der Waals surface area (Å²) in [6.07, 6.45) is 8.44. The SMILES string of the molecule is CC(=O)N1CCC(c2ccc(CCCCCCCS(=O)(=O)C(C)C)cc2)CC1. The van der Waals surface area contributed by atoms with Crippen molar-refractivity contribution in [3.8, 4) is 0 Å². The molecule has 0 radical (unpaired) electrons. The van der Waals surface area contributed by atoms with Gasteiger partial charge in [0, 0.05) is 20.0 Å². The number of benzene rings is 1. The zero-order valence-electron chi connectivity index (χ0n) is 17.8. The van der Waals surface area contributed by atoms with E-state index in [1.165, 1.54) is 11.1 Å². The lowest BCUT2D eigenvalue weighted by Crippen LogP contribution is -2.36. The van der Waals surface area contributed by atoms with Crippen LogP contribution in [0.25, 0.3) is 0 Å². The normalized spacial score (nSPS) is 15.9. The van der Waals surface area contributed by atoms with Crippen molar-refractivity contribution < 1.29 is 13.2 Å². The molecule has 1 aliphatic heterocycles. The molecule has 1 amide bonds. The third-order valence-corrected chi connectivity index (χ3v) is 8.30. The van der Waals surface area contributed by atoms with Crippen LogP contribution < -0.4 is 0 Å². The predicted molar refractivity (Wildman–Crippen MR) is 116 cm³/mol. The van der Waals surface area contributed by atoms with Crippen LogP contribution in [0.15, 0.2) is 24.3 Å². The van der Waals surface area contributed by atoms with Gasteiger partial charge in [0.1, 0.15) is 0 Å². The number of nitrogens with zero attached hydrogens (tertiary/aromatic N) is 1. The maximum Gasteiger partial charge on any atom is 0.219 e. The zero-order chi connectivity index (χ0) is 20.6. The first-order valence-corrected chi connectivity index (χ1v) is 12.6. The third-order valence-electron chi connectivity index (χ3n) is 6.00. The summed E-state index contributed by atoms with van der Waals surface area (Å²) >= 11 is 0. The van der Waals surface area contributed by atoms with Gasteiger partial charge in [-0.25, -0.2) is 8.42 Å². The Hall–Kier alpha value is -1.36. The molecule has 1 saturated heterocycles. The molecule has 0 atom stereocenters. The molecular formula is C23H37NO3S. The van der Waals surface area contributed by atoms with E-state index in [0.717, 1.165) is 64.5 Å². The summed E-state index contributed by atoms with van der Waals surface area (Å²) in [6.45, 7) is 6.93. The van der Waals surface area contributed by atoms with E-state index in [1.807, 2.05) is 4.90 Å². The van der Waals surface area contributed by atoms with Crippen LogP contribution in [-0.4, -0.2) is 43.3 Å². The van der Waals surface area contributed by atoms with E-state index >= 15 is 0 Å². The monoisotopic (exact) mass is 407 g/mol. The van der Waals surface area contributed by atoms with Crippen LogP contribution in [0, 0.1) is 0 Å². The number of likely N-dealkylation sites (tertiary alicyclic amines) is 1. The van der Waals surface area contributed by atoms with Crippen LogP contribution in [0.1, 0.15) is 82.8 Å². The van der Waals surface area contributed by atoms with Gasteiger partial charge in [-0.15, -0.1) is 0 Å². The zero-order valence-corrected chi connectivity index (χ0v) is 18.6. The largest absolute Gasteiger partial charge is 0.343 e. The summed E-state index contributed by atoms with van der Waals surface area (Å²) in [5, 5.41) is -0.253. The van der Waals surface area contributed by atoms with Gasteiger partial charge in [-0.3, -0.25) is 4.79 Å². The molecule has 0 aliphatic carbocycles. The minimum atomic E-state index is -2.87. The highest BCUT2D eigenvalue weighted by Gasteiger charge is 2.21. The van der Waals surface area contributed by atoms with Gasteiger partial charge in [-0.05, 0) is 63.0 Å². The maximum atomic E-state index is 11.8. The van der Waals surface area contributed by atoms with E-state index < -0.39 is 9.84 Å². The van der Waals surface area contributed by atoms with E-state index in [1.54, 1.807) is 20.8 Å². The summed E-state index contributed by atoms with van der Waals surface area (Å²) in [5.41, 5.74) is 2.78. The average Bonchev–Trinajstić information content (AvgIpc) is 2.67. The van der Waals surface area contributed by atoms with Crippen LogP contribution in [0.3, 0.4) is 0 Å². The van der Waals surface area contributed by atoms with E-state index in [-0.39, 0.29) is 11.2 Å². The van der Waals surface area contributed by atoms with Crippen LogP contribution in [-0.2, 0) is 21.1 Å². The highest BCUT2D eigenvalue weighted by Crippen LogP contribution is 2.28. The van der Waals surface area contributed by atoms with Crippen molar-refractivity contribution in [1.82, 2.24) is 4.90 Å². The second-order valence-electron chi connectivity index (χ2n) is 8.46. The number of aryl methyl sites for hydroxylation is 1. The molecule has 1 aromatic rings. The molecular weight excluding hydrogens is 370 g/mol. The number of rotatable bonds is 10. The standard InChI is InChI=1S/C23H37NO3S/c1-19(2)28(26,27)18-8-6-4-5-7-9-21-10-12-22(13-11-21)23-14-16-24(17-15-23)20(3)25/h10-13,19,23H,4-9,14-18H2,1-3H3. The Labute approximate surface area is 171 Å². The lowest BCUT2D eigenvalue weighted by atomic mass is 9.88. The summed E-state index contributed by atoms with van der Waals surface area (Å²) in [5.74, 6) is 1.10. The van der Waals surface area contributed by atoms with Gasteiger partial charge in [-0.1, -0.05) is 43.5 Å². The highest BCUT2D eigenvalue weighted by atomic mass is 32.2. The minimum Gasteiger partial charge on any atom is -0.343 e. The molecule has 2 rings (SSSR count). The molecule has 0 saturated carbocycles. The summed E-state index contributed by atoms with van der Waals surface area (Å²) in [6, 6.07) is 9.03. The Morgan fingerprint density at radius 1 is 1.00 bits per heavy atom. The molecule has 0 bridgehead atoms. The van der Waals surface area contributed by atoms with Crippen LogP contribution >= 0.6 is 0 Å². The Kier molecular flexibility index (Phi) is 9.00. The average molecular weight is 408 g/mol. The number of carbonyl (C=O) groups is 1. The number of carbonyl (C=O) groups excluding carboxylic acids is 1. The summed E-state index contributed by atoms with van der Waals surface area (Å²) in [4.78, 5) is 13.4. The number of sulfone groups is 1. The fourth-order valence-corrected chi connectivity index (χ4v) is 4.96. The van der Waals surface area contributed by atoms with Crippen molar-refractivity contribution in [2.24, 2.45) is 0 Å². The Morgan fingerprint density at radius 2 is 1.57 bits per heavy atom. The molecule has 0 aromatic heterocycles. The first kappa shape index (κ1) is 22.9. The smallest absolute Gasteiger partial charge is 0.219 e. The van der Waals surface area contributed by atoms with E-state index in [0.29, 0.717) is 11.7 Å². The maximum absolute atomic E-state index is 11.8. The lowest BCUT2D eigenvalue weighted by molar-refractivity contribution is -0.129. The minimum absolute atomic E-state index is 0.190. The van der Waals surface area contributed by atoms with Gasteiger partial charge in [0.2, 0.25) is 5.91 Å². The molecule has 0 unspecified atom stereocenters. The fraction of sp³-hybridized carbons (Fsp3) is 0.696. The second-order valence-corrected chi connectivity index (χ2v) is 11.1. The summed E-state index contributed by atoms with van der Waals surface area (Å²) < 4.78 is 23.5. The van der Waals surface area contributed by atoms with Crippen molar-refractivity contribution in [1.29, 1.82) is 0 Å². The molecule has 0 spiro atoms. The fourth-order valence-electron chi connectivity index (χ4n) is 3.88. The van der Waals surface area contributed by atoms with Crippen molar-refractivity contribution in [3.05, 3.63) is 35.4 Å². The van der Waals surface area contributed by atoms with Crippen LogP contribution in [0.5, 0.6) is 0 Å². The van der Waals surface area contributed by atoms with E-state index in [2.05, 4.69) is 24.3 Å². The van der Waals surface area contributed by atoms with E-state index in [9.17, 15) is 13.2 Å². The number of piperidine rings is 1. The van der Waals surface area contributed by atoms with Gasteiger partial charge in [0.05, 0.1) is 11.0 Å². The Balaban J connectivity index is 1.62. The van der Waals surface area contributed by atoms with Crippen LogP contribution in [0.4, 0.5) is 0 Å². The summed E-state index contributed by atoms with van der Waals surface area (Å²) in [7, 11) is -2.87. The molecule has 5 heteroatoms. The molecule has 1 aliphatic rings. The van der Waals surface area contributed by atoms with E-state index in [4.69, 9.17) is 0 Å². The topological polar surface area (TPSA) is 54.5 Å². The van der Waals surface area contributed by atoms with Crippen molar-refractivity contribution >= 4 is 15.7 Å². The lowest BCUT2D eigenvalue weighted by Gasteiger charge is -2.31. The molecule has 1 fully saturated rings. The van der Waals surface area contributed by atoms with Gasteiger partial charge >= 0.3 is 0 Å². The number of amides is 1. The molecule has 0 N–H and O–H groups in total. The molecule has 158 valence electrons. The number of unbranched alkanes of at least 4 members (excludes halogenated alkanes) is 4. The van der Waals surface area contributed by atoms with Gasteiger partial charge in [0.25, 0.3) is 0 Å². The Morgan fingerprint density at radius 3 is 2.14 bits per heavy atom. The van der Waals surface area contributed by atoms with Gasteiger partial charge < -0.3 is 4.90 Å². The predicted octanol–water partition coefficient (Wildman–Crippen LogP) is 4.73. The number of hydrogen-bond donors (Lipinski definition) is 0. The van der Waals surface area contributed by atoms with Crippen LogP contribution in [0.2, 0.25) is 0 Å². The first-order chi connectivity index (χ1) is 13.3. The van der Waals surface area contributed by atoms with Crippen molar-refractivity contribution in [2.45, 2.75) is 83.3 Å². The van der Waals surface area contributed by atoms with Gasteiger partial charge in [-0.2, -0.15) is 0 Å². The third kappa shape index (κ3) is 7.23. The molecule has 1 aromatic carbocycles. The number of hydrogen-bond acceptors (Lipinski definition) is 3. The van der Waals surface area contributed by atoms with Crippen molar-refractivity contribution in [2.75, 3.05) is 18.8 Å².